The SMILES string of the molecule is O=C(N1CCC(C2(O)COC2)CC1)N1Cc2cnnn2Cc2ccccc21. The number of amides is 2. The highest BCUT2D eigenvalue weighted by molar-refractivity contribution is 5.93. The van der Waals surface area contributed by atoms with Gasteiger partial charge in [0.1, 0.15) is 5.60 Å². The molecule has 0 spiro atoms. The second-order valence-corrected chi connectivity index (χ2v) is 7.74. The second kappa shape index (κ2) is 6.31. The molecule has 5 rings (SSSR count). The van der Waals surface area contributed by atoms with Crippen LogP contribution in [0.1, 0.15) is 24.1 Å². The number of hydrogen-bond acceptors (Lipinski definition) is 5. The summed E-state index contributed by atoms with van der Waals surface area (Å²) in [5.74, 6) is 0.206. The van der Waals surface area contributed by atoms with E-state index in [1.807, 2.05) is 38.7 Å². The first kappa shape index (κ1) is 16.7. The first-order chi connectivity index (χ1) is 13.1. The quantitative estimate of drug-likeness (QED) is 0.818. The highest BCUT2D eigenvalue weighted by Crippen LogP contribution is 2.35. The van der Waals surface area contributed by atoms with Gasteiger partial charge in [0.05, 0.1) is 43.9 Å². The maximum absolute atomic E-state index is 13.4. The van der Waals surface area contributed by atoms with E-state index in [9.17, 15) is 9.90 Å². The fourth-order valence-corrected chi connectivity index (χ4v) is 4.35. The van der Waals surface area contributed by atoms with Crippen molar-refractivity contribution in [1.82, 2.24) is 19.9 Å². The van der Waals surface area contributed by atoms with Crippen LogP contribution in [0.15, 0.2) is 30.5 Å². The summed E-state index contributed by atoms with van der Waals surface area (Å²) in [7, 11) is 0. The molecule has 3 aliphatic heterocycles. The van der Waals surface area contributed by atoms with Crippen LogP contribution >= 0.6 is 0 Å². The summed E-state index contributed by atoms with van der Waals surface area (Å²) in [4.78, 5) is 17.1. The van der Waals surface area contributed by atoms with Crippen molar-refractivity contribution in [3.8, 4) is 0 Å². The number of hydrogen-bond donors (Lipinski definition) is 1. The van der Waals surface area contributed by atoms with Crippen LogP contribution in [-0.2, 0) is 17.8 Å². The Morgan fingerprint density at radius 2 is 1.96 bits per heavy atom. The van der Waals surface area contributed by atoms with Crippen LogP contribution < -0.4 is 4.90 Å². The largest absolute Gasteiger partial charge is 0.385 e. The van der Waals surface area contributed by atoms with Crippen molar-refractivity contribution in [3.63, 3.8) is 0 Å². The average molecular weight is 369 g/mol. The molecule has 142 valence electrons. The van der Waals surface area contributed by atoms with E-state index in [1.54, 1.807) is 6.20 Å². The number of fused-ring (bicyclic) bond motifs is 2. The molecule has 8 heteroatoms. The number of para-hydroxylation sites is 1. The van der Waals surface area contributed by atoms with Gasteiger partial charge < -0.3 is 14.7 Å². The summed E-state index contributed by atoms with van der Waals surface area (Å²) in [5.41, 5.74) is 2.23. The molecular weight excluding hydrogens is 346 g/mol. The third-order valence-corrected chi connectivity index (χ3v) is 6.08. The molecular formula is C19H23N5O3. The zero-order valence-corrected chi connectivity index (χ0v) is 15.1. The van der Waals surface area contributed by atoms with Gasteiger partial charge in [0, 0.05) is 13.1 Å². The molecule has 2 fully saturated rings. The van der Waals surface area contributed by atoms with Gasteiger partial charge in [0.25, 0.3) is 0 Å². The summed E-state index contributed by atoms with van der Waals surface area (Å²) < 4.78 is 7.04. The molecule has 0 aliphatic carbocycles. The van der Waals surface area contributed by atoms with Gasteiger partial charge >= 0.3 is 6.03 Å². The fourth-order valence-electron chi connectivity index (χ4n) is 4.35. The van der Waals surface area contributed by atoms with Crippen LogP contribution in [0.3, 0.4) is 0 Å². The van der Waals surface area contributed by atoms with Gasteiger partial charge in [-0.2, -0.15) is 0 Å². The smallest absolute Gasteiger partial charge is 0.324 e. The topological polar surface area (TPSA) is 83.7 Å². The van der Waals surface area contributed by atoms with Crippen LogP contribution in [0.5, 0.6) is 0 Å². The first-order valence-electron chi connectivity index (χ1n) is 9.46. The minimum absolute atomic E-state index is 0.00685. The third kappa shape index (κ3) is 2.80. The number of ether oxygens (including phenoxy) is 1. The number of nitrogens with zero attached hydrogens (tertiary/aromatic N) is 5. The molecule has 27 heavy (non-hydrogen) atoms. The molecule has 2 aromatic rings. The maximum atomic E-state index is 13.4. The number of anilines is 1. The van der Waals surface area contributed by atoms with E-state index < -0.39 is 5.60 Å². The normalized spacial score (nSPS) is 21.8. The lowest BCUT2D eigenvalue weighted by Crippen LogP contribution is -2.58. The Morgan fingerprint density at radius 1 is 1.19 bits per heavy atom. The number of piperidine rings is 1. The van der Waals surface area contributed by atoms with E-state index in [0.717, 1.165) is 29.8 Å². The number of aromatic nitrogens is 3. The van der Waals surface area contributed by atoms with Crippen LogP contribution in [0.2, 0.25) is 0 Å². The summed E-state index contributed by atoms with van der Waals surface area (Å²) >= 11 is 0. The van der Waals surface area contributed by atoms with Gasteiger partial charge in [0.2, 0.25) is 0 Å². The maximum Gasteiger partial charge on any atom is 0.324 e. The number of carbonyl (C=O) groups excluding carboxylic acids is 1. The summed E-state index contributed by atoms with van der Waals surface area (Å²) in [6.07, 6.45) is 3.34. The van der Waals surface area contributed by atoms with Crippen molar-refractivity contribution in [1.29, 1.82) is 0 Å². The Labute approximate surface area is 157 Å². The van der Waals surface area contributed by atoms with Crippen molar-refractivity contribution in [3.05, 3.63) is 41.7 Å². The van der Waals surface area contributed by atoms with Crippen LogP contribution in [0, 0.1) is 5.92 Å². The van der Waals surface area contributed by atoms with Crippen LogP contribution in [0.4, 0.5) is 10.5 Å². The summed E-state index contributed by atoms with van der Waals surface area (Å²) in [6, 6.07) is 7.98. The Hall–Kier alpha value is -2.45. The summed E-state index contributed by atoms with van der Waals surface area (Å²) in [5, 5.41) is 18.7. The van der Waals surface area contributed by atoms with E-state index in [4.69, 9.17) is 4.74 Å². The minimum Gasteiger partial charge on any atom is -0.385 e. The Morgan fingerprint density at radius 3 is 2.70 bits per heavy atom. The van der Waals surface area contributed by atoms with Crippen LogP contribution in [-0.4, -0.2) is 62.9 Å². The monoisotopic (exact) mass is 369 g/mol. The summed E-state index contributed by atoms with van der Waals surface area (Å²) in [6.45, 7) is 3.22. The van der Waals surface area contributed by atoms with E-state index in [0.29, 0.717) is 39.4 Å². The van der Waals surface area contributed by atoms with Crippen molar-refractivity contribution in [2.45, 2.75) is 31.5 Å². The molecule has 2 saturated heterocycles. The van der Waals surface area contributed by atoms with Gasteiger partial charge in [-0.05, 0) is 30.4 Å². The number of urea groups is 1. The molecule has 0 unspecified atom stereocenters. The number of carbonyl (C=O) groups is 1. The molecule has 0 atom stereocenters. The van der Waals surface area contributed by atoms with Crippen molar-refractivity contribution < 1.29 is 14.6 Å². The molecule has 1 N–H and O–H groups in total. The molecule has 2 amide bonds. The van der Waals surface area contributed by atoms with E-state index in [1.165, 1.54) is 0 Å². The first-order valence-corrected chi connectivity index (χ1v) is 9.46. The highest BCUT2D eigenvalue weighted by Gasteiger charge is 2.45. The number of benzene rings is 1. The lowest BCUT2D eigenvalue weighted by atomic mass is 9.79. The second-order valence-electron chi connectivity index (χ2n) is 7.74. The predicted octanol–water partition coefficient (Wildman–Crippen LogP) is 1.24. The zero-order valence-electron chi connectivity index (χ0n) is 15.1. The van der Waals surface area contributed by atoms with Crippen molar-refractivity contribution in [2.24, 2.45) is 5.92 Å². The molecule has 1 aromatic carbocycles. The van der Waals surface area contributed by atoms with Gasteiger partial charge in [-0.3, -0.25) is 4.90 Å². The Balaban J connectivity index is 1.37. The van der Waals surface area contributed by atoms with E-state index in [-0.39, 0.29) is 11.9 Å². The number of likely N-dealkylation sites (tertiary alicyclic amines) is 1. The standard InChI is InChI=1S/C19H23N5O3/c25-18(22-7-5-15(6-8-22)19(26)12-27-13-19)23-11-16-9-20-21-24(16)10-14-3-1-2-4-17(14)23/h1-4,9,15,26H,5-8,10-13H2. The average Bonchev–Trinajstić information content (AvgIpc) is 3.05. The number of rotatable bonds is 1. The van der Waals surface area contributed by atoms with Gasteiger partial charge in [-0.25, -0.2) is 9.48 Å². The molecule has 4 heterocycles. The van der Waals surface area contributed by atoms with Gasteiger partial charge in [-0.15, -0.1) is 5.10 Å². The third-order valence-electron chi connectivity index (χ3n) is 6.08. The van der Waals surface area contributed by atoms with Gasteiger partial charge in [0.15, 0.2) is 0 Å². The van der Waals surface area contributed by atoms with Crippen molar-refractivity contribution in [2.75, 3.05) is 31.2 Å². The van der Waals surface area contributed by atoms with E-state index in [2.05, 4.69) is 10.3 Å². The predicted molar refractivity (Wildman–Crippen MR) is 97.2 cm³/mol. The van der Waals surface area contributed by atoms with Crippen molar-refractivity contribution >= 4 is 11.7 Å². The number of aliphatic hydroxyl groups is 1. The van der Waals surface area contributed by atoms with Crippen LogP contribution in [0.25, 0.3) is 0 Å². The lowest BCUT2D eigenvalue weighted by Gasteiger charge is -2.46. The molecule has 8 nitrogen and oxygen atoms in total. The molecule has 1 aromatic heterocycles. The van der Waals surface area contributed by atoms with Gasteiger partial charge in [-0.1, -0.05) is 23.4 Å². The Kier molecular flexibility index (Phi) is 3.91. The molecule has 0 saturated carbocycles. The fraction of sp³-hybridized carbons (Fsp3) is 0.526. The Bertz CT molecular complexity index is 855. The minimum atomic E-state index is -0.692. The lowest BCUT2D eigenvalue weighted by molar-refractivity contribution is -0.212. The molecule has 0 bridgehead atoms. The zero-order chi connectivity index (χ0) is 18.4. The molecule has 3 aliphatic rings. The van der Waals surface area contributed by atoms with E-state index >= 15 is 0 Å². The molecule has 0 radical (unpaired) electrons. The highest BCUT2D eigenvalue weighted by atomic mass is 16.5.